The predicted octanol–water partition coefficient (Wildman–Crippen LogP) is 4.58. The van der Waals surface area contributed by atoms with E-state index in [1.165, 1.54) is 34.9 Å². The molecule has 1 aliphatic heterocycles. The molecular weight excluding hydrogens is 424 g/mol. The van der Waals surface area contributed by atoms with Gasteiger partial charge in [0, 0.05) is 24.2 Å². The molecule has 7 nitrogen and oxygen atoms in total. The third-order valence-electron chi connectivity index (χ3n) is 4.28. The van der Waals surface area contributed by atoms with Crippen molar-refractivity contribution < 1.29 is 19.2 Å². The van der Waals surface area contributed by atoms with Crippen LogP contribution in [-0.4, -0.2) is 39.8 Å². The van der Waals surface area contributed by atoms with Crippen LogP contribution in [0, 0.1) is 17.0 Å². The van der Waals surface area contributed by atoms with Gasteiger partial charge >= 0.3 is 0 Å². The SMILES string of the molecule is CCN1C(=O)C(=Cc2cc([N+](=O)[O-])ccc2OCCOc2cccc(C)c2)SC1=S. The maximum absolute atomic E-state index is 12.5. The van der Waals surface area contributed by atoms with Crippen LogP contribution < -0.4 is 9.47 Å². The maximum atomic E-state index is 12.5. The Morgan fingerprint density at radius 2 is 1.97 bits per heavy atom. The number of nitro groups is 1. The molecule has 156 valence electrons. The van der Waals surface area contributed by atoms with Gasteiger partial charge in [-0.05, 0) is 43.7 Å². The molecule has 0 saturated carbocycles. The average Bonchev–Trinajstić information content (AvgIpc) is 2.98. The molecule has 0 unspecified atom stereocenters. The molecule has 30 heavy (non-hydrogen) atoms. The minimum atomic E-state index is -0.487. The number of nitrogens with zero attached hydrogens (tertiary/aromatic N) is 2. The van der Waals surface area contributed by atoms with Crippen molar-refractivity contribution in [1.29, 1.82) is 0 Å². The zero-order chi connectivity index (χ0) is 21.7. The van der Waals surface area contributed by atoms with Crippen LogP contribution in [0.4, 0.5) is 5.69 Å². The first-order valence-corrected chi connectivity index (χ1v) is 10.5. The molecule has 0 spiro atoms. The van der Waals surface area contributed by atoms with Gasteiger partial charge in [0.25, 0.3) is 11.6 Å². The molecule has 0 aliphatic carbocycles. The van der Waals surface area contributed by atoms with Crippen LogP contribution in [0.15, 0.2) is 47.4 Å². The van der Waals surface area contributed by atoms with Gasteiger partial charge in [-0.3, -0.25) is 19.8 Å². The van der Waals surface area contributed by atoms with Gasteiger partial charge < -0.3 is 9.47 Å². The highest BCUT2D eigenvalue weighted by Gasteiger charge is 2.31. The third kappa shape index (κ3) is 5.17. The minimum Gasteiger partial charge on any atom is -0.490 e. The summed E-state index contributed by atoms with van der Waals surface area (Å²) in [5, 5.41) is 11.2. The number of nitro benzene ring substituents is 1. The van der Waals surface area contributed by atoms with E-state index in [0.717, 1.165) is 11.3 Å². The molecule has 0 atom stereocenters. The topological polar surface area (TPSA) is 81.9 Å². The van der Waals surface area contributed by atoms with Gasteiger partial charge in [-0.1, -0.05) is 36.1 Å². The van der Waals surface area contributed by atoms with Crippen LogP contribution >= 0.6 is 24.0 Å². The molecule has 1 amide bonds. The van der Waals surface area contributed by atoms with Crippen LogP contribution in [-0.2, 0) is 4.79 Å². The number of rotatable bonds is 8. The first-order valence-electron chi connectivity index (χ1n) is 9.25. The van der Waals surface area contributed by atoms with E-state index in [-0.39, 0.29) is 18.2 Å². The lowest BCUT2D eigenvalue weighted by Crippen LogP contribution is -2.27. The van der Waals surface area contributed by atoms with Crippen LogP contribution in [0.1, 0.15) is 18.1 Å². The van der Waals surface area contributed by atoms with Crippen molar-refractivity contribution in [3.05, 3.63) is 68.6 Å². The summed E-state index contributed by atoms with van der Waals surface area (Å²) in [5.74, 6) is 0.953. The number of hydrogen-bond donors (Lipinski definition) is 0. The molecular formula is C21H20N2O5S2. The summed E-state index contributed by atoms with van der Waals surface area (Å²) in [5.41, 5.74) is 1.45. The normalized spacial score (nSPS) is 15.0. The molecule has 1 aliphatic rings. The van der Waals surface area contributed by atoms with Crippen molar-refractivity contribution >= 4 is 46.0 Å². The highest BCUT2D eigenvalue weighted by molar-refractivity contribution is 8.26. The zero-order valence-electron chi connectivity index (χ0n) is 16.5. The Balaban J connectivity index is 1.76. The monoisotopic (exact) mass is 444 g/mol. The van der Waals surface area contributed by atoms with E-state index in [4.69, 9.17) is 21.7 Å². The molecule has 9 heteroatoms. The van der Waals surface area contributed by atoms with Gasteiger partial charge in [0.15, 0.2) is 0 Å². The lowest BCUT2D eigenvalue weighted by atomic mass is 10.1. The van der Waals surface area contributed by atoms with E-state index in [1.807, 2.05) is 38.1 Å². The number of thiocarbonyl (C=S) groups is 1. The van der Waals surface area contributed by atoms with E-state index in [0.29, 0.717) is 33.7 Å². The van der Waals surface area contributed by atoms with Crippen molar-refractivity contribution in [3.63, 3.8) is 0 Å². The quantitative estimate of drug-likeness (QED) is 0.194. The van der Waals surface area contributed by atoms with E-state index >= 15 is 0 Å². The van der Waals surface area contributed by atoms with E-state index in [9.17, 15) is 14.9 Å². The molecule has 1 heterocycles. The van der Waals surface area contributed by atoms with Crippen molar-refractivity contribution in [2.45, 2.75) is 13.8 Å². The standard InChI is InChI=1S/C21H20N2O5S2/c1-3-22-20(24)19(30-21(22)29)13-15-12-16(23(25)26)7-8-18(15)28-10-9-27-17-6-4-5-14(2)11-17/h4-8,11-13H,3,9-10H2,1-2H3. The highest BCUT2D eigenvalue weighted by Crippen LogP contribution is 2.35. The molecule has 0 aromatic heterocycles. The zero-order valence-corrected chi connectivity index (χ0v) is 18.1. The molecule has 0 bridgehead atoms. The fourth-order valence-corrected chi connectivity index (χ4v) is 4.20. The smallest absolute Gasteiger partial charge is 0.270 e. The molecule has 2 aromatic carbocycles. The largest absolute Gasteiger partial charge is 0.490 e. The van der Waals surface area contributed by atoms with Crippen molar-refractivity contribution in [2.75, 3.05) is 19.8 Å². The summed E-state index contributed by atoms with van der Waals surface area (Å²) in [6.45, 7) is 4.83. The number of aryl methyl sites for hydroxylation is 1. The van der Waals surface area contributed by atoms with Crippen molar-refractivity contribution in [2.24, 2.45) is 0 Å². The van der Waals surface area contributed by atoms with Gasteiger partial charge in [-0.25, -0.2) is 0 Å². The van der Waals surface area contributed by atoms with Gasteiger partial charge in [-0.2, -0.15) is 0 Å². The lowest BCUT2D eigenvalue weighted by molar-refractivity contribution is -0.384. The van der Waals surface area contributed by atoms with Crippen LogP contribution in [0.25, 0.3) is 6.08 Å². The Hall–Kier alpha value is -2.91. The average molecular weight is 445 g/mol. The van der Waals surface area contributed by atoms with E-state index in [1.54, 1.807) is 6.08 Å². The number of hydrogen-bond acceptors (Lipinski definition) is 7. The summed E-state index contributed by atoms with van der Waals surface area (Å²) < 4.78 is 11.9. The number of thioether (sulfide) groups is 1. The Morgan fingerprint density at radius 3 is 2.63 bits per heavy atom. The second-order valence-electron chi connectivity index (χ2n) is 6.42. The molecule has 1 fully saturated rings. The van der Waals surface area contributed by atoms with Crippen LogP contribution in [0.2, 0.25) is 0 Å². The number of benzene rings is 2. The molecule has 1 saturated heterocycles. The molecule has 0 N–H and O–H groups in total. The number of carbonyl (C=O) groups excluding carboxylic acids is 1. The number of amides is 1. The Labute approximate surface area is 183 Å². The van der Waals surface area contributed by atoms with Crippen LogP contribution in [0.5, 0.6) is 11.5 Å². The second kappa shape index (κ2) is 9.73. The lowest BCUT2D eigenvalue weighted by Gasteiger charge is -2.11. The Bertz CT molecular complexity index is 1020. The first-order chi connectivity index (χ1) is 14.4. The maximum Gasteiger partial charge on any atom is 0.270 e. The van der Waals surface area contributed by atoms with E-state index in [2.05, 4.69) is 0 Å². The number of carbonyl (C=O) groups is 1. The van der Waals surface area contributed by atoms with Crippen molar-refractivity contribution in [3.8, 4) is 11.5 Å². The third-order valence-corrected chi connectivity index (χ3v) is 5.66. The summed E-state index contributed by atoms with van der Waals surface area (Å²) in [7, 11) is 0. The summed E-state index contributed by atoms with van der Waals surface area (Å²) >= 11 is 6.39. The van der Waals surface area contributed by atoms with Crippen molar-refractivity contribution in [1.82, 2.24) is 4.90 Å². The highest BCUT2D eigenvalue weighted by atomic mass is 32.2. The van der Waals surface area contributed by atoms with E-state index < -0.39 is 4.92 Å². The fourth-order valence-electron chi connectivity index (χ4n) is 2.82. The van der Waals surface area contributed by atoms with Crippen LogP contribution in [0.3, 0.4) is 0 Å². The number of likely N-dealkylation sites (N-methyl/N-ethyl adjacent to an activating group) is 1. The predicted molar refractivity (Wildman–Crippen MR) is 121 cm³/mol. The Morgan fingerprint density at radius 1 is 1.20 bits per heavy atom. The summed E-state index contributed by atoms with van der Waals surface area (Å²) in [4.78, 5) is 25.1. The van der Waals surface area contributed by atoms with Gasteiger partial charge in [0.2, 0.25) is 0 Å². The second-order valence-corrected chi connectivity index (χ2v) is 8.09. The van der Waals surface area contributed by atoms with Gasteiger partial charge in [0.1, 0.15) is 29.0 Å². The number of ether oxygens (including phenoxy) is 2. The van der Waals surface area contributed by atoms with Gasteiger partial charge in [0.05, 0.1) is 9.83 Å². The van der Waals surface area contributed by atoms with Gasteiger partial charge in [-0.15, -0.1) is 0 Å². The minimum absolute atomic E-state index is 0.0874. The number of non-ortho nitro benzene ring substituents is 1. The first kappa shape index (κ1) is 21.8. The summed E-state index contributed by atoms with van der Waals surface area (Å²) in [6.07, 6.45) is 1.58. The molecule has 2 aromatic rings. The molecule has 3 rings (SSSR count). The fraction of sp³-hybridized carbons (Fsp3) is 0.238. The molecule has 0 radical (unpaired) electrons. The summed E-state index contributed by atoms with van der Waals surface area (Å²) in [6, 6.07) is 11.9. The Kier molecular flexibility index (Phi) is 7.07.